The fourth-order valence-corrected chi connectivity index (χ4v) is 3.96. The first kappa shape index (κ1) is 12.2. The van der Waals surface area contributed by atoms with Crippen molar-refractivity contribution in [3.05, 3.63) is 0 Å². The van der Waals surface area contributed by atoms with Crippen LogP contribution in [0.5, 0.6) is 0 Å². The molecule has 4 heteroatoms. The molecule has 0 aromatic rings. The van der Waals surface area contributed by atoms with Gasteiger partial charge in [-0.3, -0.25) is 14.5 Å². The van der Waals surface area contributed by atoms with Gasteiger partial charge in [-0.2, -0.15) is 0 Å². The molecular weight excluding hydrogens is 228 g/mol. The SMILES string of the molecule is O=C1CC2(CCCC2)CC(=O)N1C1CCNCC1. The average Bonchev–Trinajstić information content (AvgIpc) is 2.77. The predicted octanol–water partition coefficient (Wildman–Crippen LogP) is 1.45. The lowest BCUT2D eigenvalue weighted by Crippen LogP contribution is -2.54. The summed E-state index contributed by atoms with van der Waals surface area (Å²) in [5.74, 6) is 0.195. The van der Waals surface area contributed by atoms with Crippen LogP contribution in [0.25, 0.3) is 0 Å². The van der Waals surface area contributed by atoms with Crippen molar-refractivity contribution in [3.8, 4) is 0 Å². The van der Waals surface area contributed by atoms with Crippen molar-refractivity contribution < 1.29 is 9.59 Å². The second-order valence-corrected chi connectivity index (χ2v) is 6.20. The van der Waals surface area contributed by atoms with E-state index >= 15 is 0 Å². The van der Waals surface area contributed by atoms with E-state index in [1.165, 1.54) is 12.8 Å². The van der Waals surface area contributed by atoms with Gasteiger partial charge >= 0.3 is 0 Å². The highest BCUT2D eigenvalue weighted by atomic mass is 16.2. The molecule has 0 bridgehead atoms. The Labute approximate surface area is 108 Å². The van der Waals surface area contributed by atoms with Crippen molar-refractivity contribution in [2.24, 2.45) is 5.41 Å². The van der Waals surface area contributed by atoms with E-state index in [9.17, 15) is 9.59 Å². The first-order valence-corrected chi connectivity index (χ1v) is 7.26. The second kappa shape index (κ2) is 4.65. The highest BCUT2D eigenvalue weighted by molar-refractivity contribution is 5.99. The molecule has 3 aliphatic rings. The number of amides is 2. The number of imide groups is 1. The van der Waals surface area contributed by atoms with Gasteiger partial charge in [0.25, 0.3) is 0 Å². The average molecular weight is 250 g/mol. The summed E-state index contributed by atoms with van der Waals surface area (Å²) in [6.07, 6.45) is 7.59. The van der Waals surface area contributed by atoms with Gasteiger partial charge in [-0.05, 0) is 44.2 Å². The number of hydrogen-bond acceptors (Lipinski definition) is 3. The van der Waals surface area contributed by atoms with Crippen LogP contribution in [0.2, 0.25) is 0 Å². The van der Waals surface area contributed by atoms with Crippen molar-refractivity contribution >= 4 is 11.8 Å². The molecule has 0 atom stereocenters. The Kier molecular flexibility index (Phi) is 3.14. The molecule has 18 heavy (non-hydrogen) atoms. The molecule has 3 rings (SSSR count). The van der Waals surface area contributed by atoms with Gasteiger partial charge in [0, 0.05) is 18.9 Å². The Morgan fingerprint density at radius 3 is 2.11 bits per heavy atom. The lowest BCUT2D eigenvalue weighted by molar-refractivity contribution is -0.157. The van der Waals surface area contributed by atoms with E-state index in [1.54, 1.807) is 4.90 Å². The number of rotatable bonds is 1. The molecule has 0 aromatic heterocycles. The zero-order valence-corrected chi connectivity index (χ0v) is 10.9. The first-order valence-electron chi connectivity index (χ1n) is 7.26. The van der Waals surface area contributed by atoms with E-state index in [0.717, 1.165) is 38.8 Å². The topological polar surface area (TPSA) is 49.4 Å². The minimum atomic E-state index is 0.0393. The minimum Gasteiger partial charge on any atom is -0.317 e. The van der Waals surface area contributed by atoms with Gasteiger partial charge < -0.3 is 5.32 Å². The number of hydrogen-bond donors (Lipinski definition) is 1. The number of nitrogens with one attached hydrogen (secondary N) is 1. The van der Waals surface area contributed by atoms with Gasteiger partial charge in [0.1, 0.15) is 0 Å². The van der Waals surface area contributed by atoms with Crippen LogP contribution in [0, 0.1) is 5.41 Å². The van der Waals surface area contributed by atoms with Crippen LogP contribution >= 0.6 is 0 Å². The zero-order chi connectivity index (χ0) is 12.6. The van der Waals surface area contributed by atoms with E-state index in [4.69, 9.17) is 0 Å². The van der Waals surface area contributed by atoms with Crippen LogP contribution in [0.15, 0.2) is 0 Å². The molecule has 2 amide bonds. The normalized spacial score (nSPS) is 29.2. The second-order valence-electron chi connectivity index (χ2n) is 6.20. The van der Waals surface area contributed by atoms with Gasteiger partial charge in [-0.25, -0.2) is 0 Å². The highest BCUT2D eigenvalue weighted by Gasteiger charge is 2.46. The molecule has 1 N–H and O–H groups in total. The quantitative estimate of drug-likeness (QED) is 0.717. The lowest BCUT2D eigenvalue weighted by Gasteiger charge is -2.41. The fraction of sp³-hybridized carbons (Fsp3) is 0.857. The summed E-state index contributed by atoms with van der Waals surface area (Å²) in [6, 6.07) is 0.157. The highest BCUT2D eigenvalue weighted by Crippen LogP contribution is 2.47. The standard InChI is InChI=1S/C14H22N2O2/c17-12-9-14(5-1-2-6-14)10-13(18)16(12)11-3-7-15-8-4-11/h11,15H,1-10H2. The van der Waals surface area contributed by atoms with Crippen LogP contribution < -0.4 is 5.32 Å². The molecule has 1 spiro atoms. The Bertz CT molecular complexity index is 335. The van der Waals surface area contributed by atoms with E-state index < -0.39 is 0 Å². The molecule has 100 valence electrons. The van der Waals surface area contributed by atoms with Gasteiger partial charge in [-0.15, -0.1) is 0 Å². The summed E-state index contributed by atoms with van der Waals surface area (Å²) in [6.45, 7) is 1.85. The van der Waals surface area contributed by atoms with Crippen molar-refractivity contribution in [1.29, 1.82) is 0 Å². The Hall–Kier alpha value is -0.900. The summed E-state index contributed by atoms with van der Waals surface area (Å²) in [5.41, 5.74) is 0.0393. The molecule has 0 unspecified atom stereocenters. The molecule has 0 radical (unpaired) electrons. The molecule has 2 heterocycles. The van der Waals surface area contributed by atoms with Gasteiger partial charge in [0.05, 0.1) is 0 Å². The van der Waals surface area contributed by atoms with E-state index in [0.29, 0.717) is 12.8 Å². The van der Waals surface area contributed by atoms with Crippen molar-refractivity contribution in [3.63, 3.8) is 0 Å². The molecule has 2 aliphatic heterocycles. The summed E-state index contributed by atoms with van der Waals surface area (Å²) in [4.78, 5) is 26.3. The molecule has 3 fully saturated rings. The van der Waals surface area contributed by atoms with E-state index in [-0.39, 0.29) is 23.3 Å². The van der Waals surface area contributed by atoms with Crippen LogP contribution in [-0.2, 0) is 9.59 Å². The monoisotopic (exact) mass is 250 g/mol. The zero-order valence-electron chi connectivity index (χ0n) is 10.9. The number of carbonyl (C=O) groups excluding carboxylic acids is 2. The smallest absolute Gasteiger partial charge is 0.229 e. The predicted molar refractivity (Wildman–Crippen MR) is 67.9 cm³/mol. The van der Waals surface area contributed by atoms with Crippen molar-refractivity contribution in [2.45, 2.75) is 57.4 Å². The maximum Gasteiger partial charge on any atom is 0.229 e. The third-order valence-corrected chi connectivity index (χ3v) is 4.93. The molecule has 4 nitrogen and oxygen atoms in total. The summed E-state index contributed by atoms with van der Waals surface area (Å²) >= 11 is 0. The van der Waals surface area contributed by atoms with E-state index in [1.807, 2.05) is 0 Å². The molecule has 1 aliphatic carbocycles. The maximum absolute atomic E-state index is 12.3. The largest absolute Gasteiger partial charge is 0.317 e. The summed E-state index contributed by atoms with van der Waals surface area (Å²) in [5, 5.41) is 3.28. The minimum absolute atomic E-state index is 0.0393. The number of nitrogens with zero attached hydrogens (tertiary/aromatic N) is 1. The van der Waals surface area contributed by atoms with E-state index in [2.05, 4.69) is 5.32 Å². The third kappa shape index (κ3) is 2.07. The van der Waals surface area contributed by atoms with Crippen LogP contribution in [0.3, 0.4) is 0 Å². The summed E-state index contributed by atoms with van der Waals surface area (Å²) < 4.78 is 0. The van der Waals surface area contributed by atoms with Crippen LogP contribution in [-0.4, -0.2) is 35.8 Å². The number of likely N-dealkylation sites (tertiary alicyclic amines) is 1. The van der Waals surface area contributed by atoms with Gasteiger partial charge in [0.15, 0.2) is 0 Å². The summed E-state index contributed by atoms with van der Waals surface area (Å²) in [7, 11) is 0. The Morgan fingerprint density at radius 2 is 1.56 bits per heavy atom. The third-order valence-electron chi connectivity index (χ3n) is 4.93. The maximum atomic E-state index is 12.3. The van der Waals surface area contributed by atoms with Crippen LogP contribution in [0.4, 0.5) is 0 Å². The number of carbonyl (C=O) groups is 2. The first-order chi connectivity index (χ1) is 8.70. The Morgan fingerprint density at radius 1 is 1.00 bits per heavy atom. The fourth-order valence-electron chi connectivity index (χ4n) is 3.96. The Balaban J connectivity index is 1.73. The van der Waals surface area contributed by atoms with Crippen molar-refractivity contribution in [1.82, 2.24) is 10.2 Å². The molecule has 0 aromatic carbocycles. The molecule has 1 saturated carbocycles. The molecular formula is C14H22N2O2. The van der Waals surface area contributed by atoms with Crippen LogP contribution in [0.1, 0.15) is 51.4 Å². The van der Waals surface area contributed by atoms with Gasteiger partial charge in [0.2, 0.25) is 11.8 Å². The number of piperidine rings is 2. The van der Waals surface area contributed by atoms with Crippen molar-refractivity contribution in [2.75, 3.05) is 13.1 Å². The molecule has 2 saturated heterocycles. The lowest BCUT2D eigenvalue weighted by atomic mass is 9.75. The van der Waals surface area contributed by atoms with Gasteiger partial charge in [-0.1, -0.05) is 12.8 Å².